The number of carbonyl (C=O) groups is 1. The van der Waals surface area contributed by atoms with Crippen molar-refractivity contribution in [1.82, 2.24) is 0 Å². The van der Waals surface area contributed by atoms with Crippen LogP contribution in [0.2, 0.25) is 0 Å². The molecule has 6 nitrogen and oxygen atoms in total. The maximum atomic E-state index is 12.9. The fraction of sp³-hybridized carbons (Fsp3) is 0.125. The van der Waals surface area contributed by atoms with Crippen LogP contribution in [-0.4, -0.2) is 22.4 Å². The Labute approximate surface area is 175 Å². The van der Waals surface area contributed by atoms with Crippen LogP contribution in [0.1, 0.15) is 18.1 Å². The molecule has 3 aromatic carbocycles. The lowest BCUT2D eigenvalue weighted by Crippen LogP contribution is -2.28. The molecule has 2 N–H and O–H groups in total. The number of phenolic OH excluding ortho intramolecular Hbond substituents is 1. The molecule has 0 unspecified atom stereocenters. The number of para-hydroxylation sites is 1. The summed E-state index contributed by atoms with van der Waals surface area (Å²) in [5, 5.41) is 20.6. The van der Waals surface area contributed by atoms with Gasteiger partial charge < -0.3 is 5.11 Å². The molecule has 0 radical (unpaired) electrons. The molecule has 1 aliphatic heterocycles. The Kier molecular flexibility index (Phi) is 5.06. The molecule has 0 saturated heterocycles. The molecule has 0 aliphatic carbocycles. The van der Waals surface area contributed by atoms with Gasteiger partial charge in [-0.15, -0.1) is 0 Å². The SMILES string of the molecule is CC1=NN(c2ccc(C)c(C)c2)C(=O)C1=NNc1cccc(-c2ccccc2)c1O. The van der Waals surface area contributed by atoms with Gasteiger partial charge >= 0.3 is 5.91 Å². The quantitative estimate of drug-likeness (QED) is 0.486. The van der Waals surface area contributed by atoms with Gasteiger partial charge in [0.05, 0.1) is 17.1 Å². The van der Waals surface area contributed by atoms with E-state index in [2.05, 4.69) is 15.6 Å². The van der Waals surface area contributed by atoms with Gasteiger partial charge in [-0.3, -0.25) is 10.2 Å². The van der Waals surface area contributed by atoms with Crippen LogP contribution in [0.5, 0.6) is 5.75 Å². The van der Waals surface area contributed by atoms with Crippen LogP contribution in [0.4, 0.5) is 11.4 Å². The standard InChI is InChI=1S/C24H22N4O2/c1-15-12-13-19(14-16(15)2)28-24(30)22(17(3)27-28)26-25-21-11-7-10-20(23(21)29)18-8-5-4-6-9-18/h4-14,25,29H,1-3H3. The predicted molar refractivity (Wildman–Crippen MR) is 121 cm³/mol. The number of carbonyl (C=O) groups excluding carboxylic acids is 1. The van der Waals surface area contributed by atoms with E-state index in [1.54, 1.807) is 13.0 Å². The molecule has 30 heavy (non-hydrogen) atoms. The van der Waals surface area contributed by atoms with E-state index in [1.165, 1.54) is 5.01 Å². The van der Waals surface area contributed by atoms with E-state index in [9.17, 15) is 9.90 Å². The first-order valence-corrected chi connectivity index (χ1v) is 9.64. The minimum atomic E-state index is -0.318. The van der Waals surface area contributed by atoms with Gasteiger partial charge in [-0.25, -0.2) is 0 Å². The number of hydrogen-bond acceptors (Lipinski definition) is 5. The summed E-state index contributed by atoms with van der Waals surface area (Å²) in [5.41, 5.74) is 8.45. The van der Waals surface area contributed by atoms with Crippen molar-refractivity contribution in [2.75, 3.05) is 10.4 Å². The van der Waals surface area contributed by atoms with Gasteiger partial charge in [0.2, 0.25) is 0 Å². The number of hydrogen-bond donors (Lipinski definition) is 2. The molecule has 4 rings (SSSR count). The summed E-state index contributed by atoms with van der Waals surface area (Å²) in [4.78, 5) is 12.9. The Hall–Kier alpha value is -3.93. The van der Waals surface area contributed by atoms with Crippen LogP contribution in [0.3, 0.4) is 0 Å². The minimum Gasteiger partial charge on any atom is -0.505 e. The summed E-state index contributed by atoms with van der Waals surface area (Å²) >= 11 is 0. The molecule has 0 aromatic heterocycles. The van der Waals surface area contributed by atoms with Crippen molar-refractivity contribution in [2.24, 2.45) is 10.2 Å². The van der Waals surface area contributed by atoms with E-state index in [4.69, 9.17) is 0 Å². The van der Waals surface area contributed by atoms with Crippen molar-refractivity contribution < 1.29 is 9.90 Å². The monoisotopic (exact) mass is 398 g/mol. The largest absolute Gasteiger partial charge is 0.505 e. The fourth-order valence-electron chi connectivity index (χ4n) is 3.26. The Balaban J connectivity index is 1.60. The molecule has 6 heteroatoms. The van der Waals surface area contributed by atoms with E-state index >= 15 is 0 Å². The normalized spacial score (nSPS) is 14.9. The highest BCUT2D eigenvalue weighted by atomic mass is 16.3. The summed E-state index contributed by atoms with van der Waals surface area (Å²) in [5.74, 6) is -0.249. The lowest BCUT2D eigenvalue weighted by atomic mass is 10.0. The summed E-state index contributed by atoms with van der Waals surface area (Å²) in [6.45, 7) is 5.75. The van der Waals surface area contributed by atoms with E-state index < -0.39 is 0 Å². The minimum absolute atomic E-state index is 0.0686. The van der Waals surface area contributed by atoms with E-state index in [0.717, 1.165) is 16.7 Å². The maximum Gasteiger partial charge on any atom is 0.301 e. The zero-order valence-corrected chi connectivity index (χ0v) is 17.0. The van der Waals surface area contributed by atoms with Gasteiger partial charge in [0, 0.05) is 5.56 Å². The molecule has 0 bridgehead atoms. The van der Waals surface area contributed by atoms with Crippen LogP contribution in [0.15, 0.2) is 76.9 Å². The molecule has 0 saturated carbocycles. The van der Waals surface area contributed by atoms with Crippen LogP contribution >= 0.6 is 0 Å². The summed E-state index contributed by atoms with van der Waals surface area (Å²) < 4.78 is 0. The molecular formula is C24H22N4O2. The highest BCUT2D eigenvalue weighted by molar-refractivity contribution is 6.71. The highest BCUT2D eigenvalue weighted by Crippen LogP contribution is 2.35. The predicted octanol–water partition coefficient (Wildman–Crippen LogP) is 4.87. The van der Waals surface area contributed by atoms with Crippen molar-refractivity contribution in [2.45, 2.75) is 20.8 Å². The second kappa shape index (κ2) is 7.83. The molecule has 150 valence electrons. The number of anilines is 2. The number of hydrazone groups is 2. The van der Waals surface area contributed by atoms with Crippen molar-refractivity contribution in [3.8, 4) is 16.9 Å². The summed E-state index contributed by atoms with van der Waals surface area (Å²) in [6, 6.07) is 20.7. The number of nitrogens with zero attached hydrogens (tertiary/aromatic N) is 3. The Morgan fingerprint density at radius 2 is 1.70 bits per heavy atom. The zero-order valence-electron chi connectivity index (χ0n) is 17.0. The number of rotatable bonds is 4. The van der Waals surface area contributed by atoms with Gasteiger partial charge in [-0.05, 0) is 55.7 Å². The second-order valence-electron chi connectivity index (χ2n) is 7.21. The number of amides is 1. The molecule has 0 fully saturated rings. The zero-order chi connectivity index (χ0) is 21.3. The summed E-state index contributed by atoms with van der Waals surface area (Å²) in [6.07, 6.45) is 0. The lowest BCUT2D eigenvalue weighted by Gasteiger charge is -2.13. The average molecular weight is 398 g/mol. The number of aryl methyl sites for hydroxylation is 2. The molecule has 3 aromatic rings. The fourth-order valence-corrected chi connectivity index (χ4v) is 3.26. The van der Waals surface area contributed by atoms with Gasteiger partial charge in [-0.2, -0.15) is 15.2 Å². The first-order valence-electron chi connectivity index (χ1n) is 9.64. The molecule has 1 aliphatic rings. The van der Waals surface area contributed by atoms with Crippen LogP contribution < -0.4 is 10.4 Å². The molecular weight excluding hydrogens is 376 g/mol. The molecule has 0 atom stereocenters. The van der Waals surface area contributed by atoms with E-state index in [-0.39, 0.29) is 17.4 Å². The van der Waals surface area contributed by atoms with Gasteiger partial charge in [0.15, 0.2) is 5.71 Å². The van der Waals surface area contributed by atoms with E-state index in [1.807, 2.05) is 74.5 Å². The van der Waals surface area contributed by atoms with E-state index in [0.29, 0.717) is 22.6 Å². The summed E-state index contributed by atoms with van der Waals surface area (Å²) in [7, 11) is 0. The first kappa shape index (κ1) is 19.4. The third kappa shape index (κ3) is 3.55. The topological polar surface area (TPSA) is 77.3 Å². The van der Waals surface area contributed by atoms with Crippen molar-refractivity contribution in [3.63, 3.8) is 0 Å². The Morgan fingerprint density at radius 3 is 2.43 bits per heavy atom. The number of aromatic hydroxyl groups is 1. The Morgan fingerprint density at radius 1 is 0.933 bits per heavy atom. The van der Waals surface area contributed by atoms with Crippen LogP contribution in [-0.2, 0) is 4.79 Å². The van der Waals surface area contributed by atoms with Gasteiger partial charge in [-0.1, -0.05) is 48.5 Å². The molecule has 1 amide bonds. The second-order valence-corrected chi connectivity index (χ2v) is 7.21. The van der Waals surface area contributed by atoms with Crippen molar-refractivity contribution in [3.05, 3.63) is 77.9 Å². The van der Waals surface area contributed by atoms with Crippen LogP contribution in [0, 0.1) is 13.8 Å². The van der Waals surface area contributed by atoms with Crippen molar-refractivity contribution >= 4 is 28.7 Å². The smallest absolute Gasteiger partial charge is 0.301 e. The van der Waals surface area contributed by atoms with Gasteiger partial charge in [0.25, 0.3) is 0 Å². The van der Waals surface area contributed by atoms with Crippen LogP contribution in [0.25, 0.3) is 11.1 Å². The number of nitrogens with one attached hydrogen (secondary N) is 1. The highest BCUT2D eigenvalue weighted by Gasteiger charge is 2.31. The third-order valence-electron chi connectivity index (χ3n) is 5.13. The maximum absolute atomic E-state index is 12.9. The number of benzene rings is 3. The first-order chi connectivity index (χ1) is 14.5. The van der Waals surface area contributed by atoms with Crippen molar-refractivity contribution in [1.29, 1.82) is 0 Å². The lowest BCUT2D eigenvalue weighted by molar-refractivity contribution is -0.112. The molecule has 1 heterocycles. The third-order valence-corrected chi connectivity index (χ3v) is 5.13. The average Bonchev–Trinajstić information content (AvgIpc) is 3.03. The molecule has 0 spiro atoms. The number of phenols is 1. The van der Waals surface area contributed by atoms with Gasteiger partial charge in [0.1, 0.15) is 5.75 Å². The Bertz CT molecular complexity index is 1180.